The van der Waals surface area contributed by atoms with Gasteiger partial charge in [0.25, 0.3) is 5.91 Å². The van der Waals surface area contributed by atoms with E-state index in [9.17, 15) is 23.1 Å². The summed E-state index contributed by atoms with van der Waals surface area (Å²) < 4.78 is 38.9. The molecule has 0 bridgehead atoms. The molecule has 25 heavy (non-hydrogen) atoms. The zero-order chi connectivity index (χ0) is 18.2. The second-order valence-electron chi connectivity index (χ2n) is 6.24. The van der Waals surface area contributed by atoms with Crippen molar-refractivity contribution in [2.75, 3.05) is 6.54 Å². The molecule has 1 fully saturated rings. The molecular formula is C18H17F3N2O2. The van der Waals surface area contributed by atoms with E-state index in [0.717, 1.165) is 17.7 Å². The summed E-state index contributed by atoms with van der Waals surface area (Å²) in [5.41, 5.74) is 0.753. The van der Waals surface area contributed by atoms with Crippen molar-refractivity contribution in [2.24, 2.45) is 0 Å². The predicted octanol–water partition coefficient (Wildman–Crippen LogP) is 3.36. The molecule has 1 saturated heterocycles. The maximum atomic E-state index is 13.0. The zero-order valence-corrected chi connectivity index (χ0v) is 13.5. The molecule has 132 valence electrons. The Morgan fingerprint density at radius 1 is 1.28 bits per heavy atom. The van der Waals surface area contributed by atoms with E-state index in [0.29, 0.717) is 11.1 Å². The Kier molecular flexibility index (Phi) is 4.51. The minimum Gasteiger partial charge on any atom is -0.391 e. The maximum absolute atomic E-state index is 13.0. The lowest BCUT2D eigenvalue weighted by Crippen LogP contribution is -2.32. The largest absolute Gasteiger partial charge is 0.416 e. The number of aliphatic hydroxyl groups is 1. The highest BCUT2D eigenvalue weighted by molar-refractivity contribution is 5.94. The molecule has 4 nitrogen and oxygen atoms in total. The van der Waals surface area contributed by atoms with Gasteiger partial charge in [-0.05, 0) is 42.7 Å². The van der Waals surface area contributed by atoms with Crippen LogP contribution in [-0.4, -0.2) is 33.5 Å². The van der Waals surface area contributed by atoms with Crippen LogP contribution in [0.5, 0.6) is 0 Å². The van der Waals surface area contributed by atoms with Gasteiger partial charge in [0, 0.05) is 18.9 Å². The number of likely N-dealkylation sites (tertiary alicyclic amines) is 1. The molecule has 1 amide bonds. The summed E-state index contributed by atoms with van der Waals surface area (Å²) in [6, 6.07) is 5.96. The molecule has 7 heteroatoms. The summed E-state index contributed by atoms with van der Waals surface area (Å²) in [5, 5.41) is 9.98. The van der Waals surface area contributed by atoms with Crippen molar-refractivity contribution >= 4 is 5.91 Å². The predicted molar refractivity (Wildman–Crippen MR) is 84.8 cm³/mol. The van der Waals surface area contributed by atoms with Gasteiger partial charge < -0.3 is 10.0 Å². The standard InChI is InChI=1S/C18H17F3N2O2/c1-11-5-13(9-22-8-11)17(25)23-10-15(24)7-16(23)12-3-2-4-14(6-12)18(19,20)21/h2-6,8-9,15-16,24H,7,10H2,1H3/t15-,16-/m1/s1. The Bertz CT molecular complexity index is 792. The van der Waals surface area contributed by atoms with E-state index < -0.39 is 23.9 Å². The van der Waals surface area contributed by atoms with Crippen molar-refractivity contribution in [1.29, 1.82) is 0 Å². The van der Waals surface area contributed by atoms with Crippen LogP contribution in [-0.2, 0) is 6.18 Å². The fourth-order valence-corrected chi connectivity index (χ4v) is 3.11. The number of pyridine rings is 1. The quantitative estimate of drug-likeness (QED) is 0.904. The van der Waals surface area contributed by atoms with Crippen LogP contribution in [0.3, 0.4) is 0 Å². The third-order valence-electron chi connectivity index (χ3n) is 4.26. The average molecular weight is 350 g/mol. The molecule has 3 rings (SSSR count). The molecule has 0 aliphatic carbocycles. The van der Waals surface area contributed by atoms with E-state index >= 15 is 0 Å². The van der Waals surface area contributed by atoms with Gasteiger partial charge in [-0.3, -0.25) is 9.78 Å². The molecule has 1 aliphatic heterocycles. The summed E-state index contributed by atoms with van der Waals surface area (Å²) >= 11 is 0. The highest BCUT2D eigenvalue weighted by atomic mass is 19.4. The number of halogens is 3. The number of amides is 1. The van der Waals surface area contributed by atoms with Crippen molar-refractivity contribution in [3.63, 3.8) is 0 Å². The van der Waals surface area contributed by atoms with Gasteiger partial charge in [0.05, 0.1) is 23.3 Å². The monoisotopic (exact) mass is 350 g/mol. The molecule has 2 aromatic rings. The number of rotatable bonds is 2. The van der Waals surface area contributed by atoms with E-state index in [1.165, 1.54) is 17.2 Å². The number of hydrogen-bond acceptors (Lipinski definition) is 3. The van der Waals surface area contributed by atoms with Gasteiger partial charge in [-0.15, -0.1) is 0 Å². The average Bonchev–Trinajstić information content (AvgIpc) is 2.95. The summed E-state index contributed by atoms with van der Waals surface area (Å²) in [7, 11) is 0. The second kappa shape index (κ2) is 6.48. The molecule has 0 spiro atoms. The SMILES string of the molecule is Cc1cncc(C(=O)N2C[C@H](O)C[C@@H]2c2cccc(C(F)(F)F)c2)c1. The van der Waals surface area contributed by atoms with Gasteiger partial charge >= 0.3 is 6.18 Å². The smallest absolute Gasteiger partial charge is 0.391 e. The lowest BCUT2D eigenvalue weighted by Gasteiger charge is -2.25. The van der Waals surface area contributed by atoms with Gasteiger partial charge in [0.1, 0.15) is 0 Å². The zero-order valence-electron chi connectivity index (χ0n) is 13.5. The Hall–Kier alpha value is -2.41. The lowest BCUT2D eigenvalue weighted by atomic mass is 10.0. The second-order valence-corrected chi connectivity index (χ2v) is 6.24. The van der Waals surface area contributed by atoms with Crippen LogP contribution in [0.2, 0.25) is 0 Å². The van der Waals surface area contributed by atoms with Crippen LogP contribution in [0.4, 0.5) is 13.2 Å². The van der Waals surface area contributed by atoms with Crippen LogP contribution in [0, 0.1) is 6.92 Å². The topological polar surface area (TPSA) is 53.4 Å². The number of nitrogens with zero attached hydrogens (tertiary/aromatic N) is 2. The number of hydrogen-bond donors (Lipinski definition) is 1. The van der Waals surface area contributed by atoms with Crippen LogP contribution in [0.1, 0.15) is 39.5 Å². The number of alkyl halides is 3. The van der Waals surface area contributed by atoms with Crippen molar-refractivity contribution in [3.05, 3.63) is 65.0 Å². The van der Waals surface area contributed by atoms with Crippen molar-refractivity contribution in [3.8, 4) is 0 Å². The minimum atomic E-state index is -4.46. The molecule has 2 atom stereocenters. The van der Waals surface area contributed by atoms with Crippen LogP contribution in [0.25, 0.3) is 0 Å². The highest BCUT2D eigenvalue weighted by Crippen LogP contribution is 2.36. The number of aliphatic hydroxyl groups excluding tert-OH is 1. The first-order chi connectivity index (χ1) is 11.8. The Labute approximate surface area is 142 Å². The number of carbonyl (C=O) groups excluding carboxylic acids is 1. The normalized spacial score (nSPS) is 20.8. The van der Waals surface area contributed by atoms with E-state index in [2.05, 4.69) is 4.98 Å². The Morgan fingerprint density at radius 3 is 2.72 bits per heavy atom. The van der Waals surface area contributed by atoms with Crippen molar-refractivity contribution in [1.82, 2.24) is 9.88 Å². The van der Waals surface area contributed by atoms with Gasteiger partial charge in [-0.25, -0.2) is 0 Å². The van der Waals surface area contributed by atoms with Crippen molar-refractivity contribution in [2.45, 2.75) is 31.7 Å². The summed E-state index contributed by atoms with van der Waals surface area (Å²) in [4.78, 5) is 18.2. The molecule has 0 saturated carbocycles. The summed E-state index contributed by atoms with van der Waals surface area (Å²) in [6.45, 7) is 1.88. The van der Waals surface area contributed by atoms with Gasteiger partial charge in [0.15, 0.2) is 0 Å². The molecule has 1 aromatic heterocycles. The van der Waals surface area contributed by atoms with Crippen molar-refractivity contribution < 1.29 is 23.1 Å². The number of carbonyl (C=O) groups is 1. The number of benzene rings is 1. The molecular weight excluding hydrogens is 333 g/mol. The maximum Gasteiger partial charge on any atom is 0.416 e. The Morgan fingerprint density at radius 2 is 2.04 bits per heavy atom. The van der Waals surface area contributed by atoms with Gasteiger partial charge in [-0.2, -0.15) is 13.2 Å². The van der Waals surface area contributed by atoms with E-state index in [-0.39, 0.29) is 18.9 Å². The minimum absolute atomic E-state index is 0.0771. The number of aryl methyl sites for hydroxylation is 1. The number of aromatic nitrogens is 1. The number of β-amino-alcohol motifs (C(OH)–C–C–N with tert-alkyl or cyclic N) is 1. The lowest BCUT2D eigenvalue weighted by molar-refractivity contribution is -0.137. The summed E-state index contributed by atoms with van der Waals surface area (Å²) in [6.07, 6.45) is -2.00. The van der Waals surface area contributed by atoms with Crippen LogP contribution >= 0.6 is 0 Å². The highest BCUT2D eigenvalue weighted by Gasteiger charge is 2.37. The van der Waals surface area contributed by atoms with E-state index in [4.69, 9.17) is 0 Å². The van der Waals surface area contributed by atoms with E-state index in [1.54, 1.807) is 25.3 Å². The fourth-order valence-electron chi connectivity index (χ4n) is 3.11. The van der Waals surface area contributed by atoms with Crippen LogP contribution < -0.4 is 0 Å². The van der Waals surface area contributed by atoms with E-state index in [1.807, 2.05) is 0 Å². The fraction of sp³-hybridized carbons (Fsp3) is 0.333. The third kappa shape index (κ3) is 3.66. The van der Waals surface area contributed by atoms with Crippen LogP contribution in [0.15, 0.2) is 42.7 Å². The first-order valence-electron chi connectivity index (χ1n) is 7.83. The molecule has 0 unspecified atom stereocenters. The first kappa shape index (κ1) is 17.4. The van der Waals surface area contributed by atoms with Gasteiger partial charge in [-0.1, -0.05) is 12.1 Å². The molecule has 2 heterocycles. The summed E-state index contributed by atoms with van der Waals surface area (Å²) in [5.74, 6) is -0.352. The first-order valence-corrected chi connectivity index (χ1v) is 7.83. The third-order valence-corrected chi connectivity index (χ3v) is 4.26. The molecule has 1 N–H and O–H groups in total. The van der Waals surface area contributed by atoms with Gasteiger partial charge in [0.2, 0.25) is 0 Å². The Balaban J connectivity index is 1.94. The molecule has 1 aliphatic rings. The molecule has 0 radical (unpaired) electrons. The molecule has 1 aromatic carbocycles.